The van der Waals surface area contributed by atoms with Crippen LogP contribution >= 0.6 is 0 Å². The highest BCUT2D eigenvalue weighted by molar-refractivity contribution is 5.76. The standard InChI is InChI=1S/C14H26O4/c1-10(15)17-14(7,8)18-11(16)13(5,6)9-12(2,3)4/h9H2,1-8H3. The van der Waals surface area contributed by atoms with Gasteiger partial charge < -0.3 is 9.47 Å². The Morgan fingerprint density at radius 1 is 0.889 bits per heavy atom. The second-order valence-corrected chi connectivity index (χ2v) is 7.00. The predicted molar refractivity (Wildman–Crippen MR) is 69.8 cm³/mol. The zero-order valence-corrected chi connectivity index (χ0v) is 12.8. The van der Waals surface area contributed by atoms with Crippen molar-refractivity contribution in [3.05, 3.63) is 0 Å². The zero-order chi connectivity index (χ0) is 14.8. The highest BCUT2D eigenvalue weighted by Gasteiger charge is 2.38. The van der Waals surface area contributed by atoms with Crippen LogP contribution in [0.15, 0.2) is 0 Å². The first kappa shape index (κ1) is 16.9. The third-order valence-corrected chi connectivity index (χ3v) is 2.25. The molecule has 0 saturated carbocycles. The van der Waals surface area contributed by atoms with Gasteiger partial charge in [-0.25, -0.2) is 0 Å². The van der Waals surface area contributed by atoms with E-state index in [2.05, 4.69) is 20.8 Å². The number of ether oxygens (including phenoxy) is 2. The summed E-state index contributed by atoms with van der Waals surface area (Å²) in [5, 5.41) is 0. The fourth-order valence-corrected chi connectivity index (χ4v) is 2.13. The molecule has 0 aromatic carbocycles. The minimum atomic E-state index is -1.22. The Morgan fingerprint density at radius 2 is 1.33 bits per heavy atom. The van der Waals surface area contributed by atoms with E-state index in [1.165, 1.54) is 6.92 Å². The summed E-state index contributed by atoms with van der Waals surface area (Å²) >= 11 is 0. The number of rotatable bonds is 4. The fourth-order valence-electron chi connectivity index (χ4n) is 2.13. The third kappa shape index (κ3) is 6.62. The lowest BCUT2D eigenvalue weighted by atomic mass is 9.76. The van der Waals surface area contributed by atoms with E-state index >= 15 is 0 Å². The molecule has 4 nitrogen and oxygen atoms in total. The van der Waals surface area contributed by atoms with Gasteiger partial charge in [0.05, 0.1) is 5.41 Å². The van der Waals surface area contributed by atoms with E-state index in [9.17, 15) is 9.59 Å². The Balaban J connectivity index is 4.70. The van der Waals surface area contributed by atoms with Gasteiger partial charge in [-0.1, -0.05) is 20.8 Å². The monoisotopic (exact) mass is 258 g/mol. The van der Waals surface area contributed by atoms with Gasteiger partial charge >= 0.3 is 11.9 Å². The van der Waals surface area contributed by atoms with Crippen molar-refractivity contribution in [1.82, 2.24) is 0 Å². The van der Waals surface area contributed by atoms with Crippen LogP contribution in [0.25, 0.3) is 0 Å². The van der Waals surface area contributed by atoms with Crippen LogP contribution < -0.4 is 0 Å². The molecule has 106 valence electrons. The summed E-state index contributed by atoms with van der Waals surface area (Å²) in [5.41, 5.74) is -0.593. The van der Waals surface area contributed by atoms with Crippen LogP contribution in [0.4, 0.5) is 0 Å². The lowest BCUT2D eigenvalue weighted by Crippen LogP contribution is -2.40. The summed E-state index contributed by atoms with van der Waals surface area (Å²) in [5.74, 6) is -2.05. The Bertz CT molecular complexity index is 321. The summed E-state index contributed by atoms with van der Waals surface area (Å²) in [6, 6.07) is 0. The first-order chi connectivity index (χ1) is 7.75. The molecule has 0 bridgehead atoms. The van der Waals surface area contributed by atoms with E-state index in [0.717, 1.165) is 0 Å². The Labute approximate surface area is 110 Å². The molecular formula is C14H26O4. The van der Waals surface area contributed by atoms with Crippen LogP contribution in [-0.4, -0.2) is 17.7 Å². The lowest BCUT2D eigenvalue weighted by Gasteiger charge is -2.33. The quantitative estimate of drug-likeness (QED) is 0.573. The number of hydrogen-bond donors (Lipinski definition) is 0. The van der Waals surface area contributed by atoms with Crippen molar-refractivity contribution in [3.63, 3.8) is 0 Å². The number of carbonyl (C=O) groups is 2. The van der Waals surface area contributed by atoms with Crippen LogP contribution in [-0.2, 0) is 19.1 Å². The lowest BCUT2D eigenvalue weighted by molar-refractivity contribution is -0.221. The molecule has 0 aliphatic rings. The van der Waals surface area contributed by atoms with Crippen LogP contribution in [0, 0.1) is 10.8 Å². The molecule has 0 heterocycles. The van der Waals surface area contributed by atoms with Crippen molar-refractivity contribution in [2.24, 2.45) is 10.8 Å². The molecule has 0 amide bonds. The second kappa shape index (κ2) is 5.29. The van der Waals surface area contributed by atoms with E-state index in [1.54, 1.807) is 13.8 Å². The van der Waals surface area contributed by atoms with E-state index in [-0.39, 0.29) is 11.4 Å². The molecule has 0 aliphatic heterocycles. The van der Waals surface area contributed by atoms with Crippen molar-refractivity contribution >= 4 is 11.9 Å². The van der Waals surface area contributed by atoms with Gasteiger partial charge in [0.2, 0.25) is 0 Å². The van der Waals surface area contributed by atoms with E-state index in [1.807, 2.05) is 13.8 Å². The normalized spacial score (nSPS) is 13.1. The van der Waals surface area contributed by atoms with Gasteiger partial charge in [-0.15, -0.1) is 0 Å². The molecule has 0 unspecified atom stereocenters. The maximum Gasteiger partial charge on any atom is 0.314 e. The largest absolute Gasteiger partial charge is 0.423 e. The number of carbonyl (C=O) groups excluding carboxylic acids is 2. The van der Waals surface area contributed by atoms with Gasteiger partial charge in [0.1, 0.15) is 0 Å². The fraction of sp³-hybridized carbons (Fsp3) is 0.857. The molecule has 0 fully saturated rings. The minimum Gasteiger partial charge on any atom is -0.423 e. The predicted octanol–water partition coefficient (Wildman–Crippen LogP) is 3.29. The van der Waals surface area contributed by atoms with Crippen molar-refractivity contribution in [1.29, 1.82) is 0 Å². The van der Waals surface area contributed by atoms with Gasteiger partial charge in [0, 0.05) is 20.8 Å². The molecule has 0 aromatic heterocycles. The molecule has 0 atom stereocenters. The van der Waals surface area contributed by atoms with Crippen molar-refractivity contribution in [3.8, 4) is 0 Å². The summed E-state index contributed by atoms with van der Waals surface area (Å²) in [6.45, 7) is 14.3. The van der Waals surface area contributed by atoms with E-state index < -0.39 is 17.2 Å². The van der Waals surface area contributed by atoms with Gasteiger partial charge in [0.25, 0.3) is 5.79 Å². The SMILES string of the molecule is CC(=O)OC(C)(C)OC(=O)C(C)(C)CC(C)(C)C. The number of esters is 2. The van der Waals surface area contributed by atoms with Crippen LogP contribution in [0.1, 0.15) is 61.8 Å². The third-order valence-electron chi connectivity index (χ3n) is 2.25. The van der Waals surface area contributed by atoms with Gasteiger partial charge in [0.15, 0.2) is 0 Å². The molecule has 0 saturated heterocycles. The average Bonchev–Trinajstić information content (AvgIpc) is 1.94. The summed E-state index contributed by atoms with van der Waals surface area (Å²) in [4.78, 5) is 23.0. The molecule has 18 heavy (non-hydrogen) atoms. The maximum absolute atomic E-state index is 12.1. The summed E-state index contributed by atoms with van der Waals surface area (Å²) < 4.78 is 10.2. The highest BCUT2D eigenvalue weighted by atomic mass is 16.7. The molecular weight excluding hydrogens is 232 g/mol. The number of hydrogen-bond acceptors (Lipinski definition) is 4. The zero-order valence-electron chi connectivity index (χ0n) is 12.8. The molecule has 4 heteroatoms. The van der Waals surface area contributed by atoms with Crippen molar-refractivity contribution in [2.75, 3.05) is 0 Å². The van der Waals surface area contributed by atoms with Crippen molar-refractivity contribution < 1.29 is 19.1 Å². The summed E-state index contributed by atoms with van der Waals surface area (Å²) in [7, 11) is 0. The van der Waals surface area contributed by atoms with Crippen molar-refractivity contribution in [2.45, 2.75) is 67.6 Å². The molecule has 0 aromatic rings. The topological polar surface area (TPSA) is 52.6 Å². The Hall–Kier alpha value is -1.06. The van der Waals surface area contributed by atoms with Crippen LogP contribution in [0.2, 0.25) is 0 Å². The summed E-state index contributed by atoms with van der Waals surface area (Å²) in [6.07, 6.45) is 0.689. The Morgan fingerprint density at radius 3 is 1.67 bits per heavy atom. The molecule has 0 spiro atoms. The van der Waals surface area contributed by atoms with Gasteiger partial charge in [-0.05, 0) is 25.7 Å². The molecule has 0 rings (SSSR count). The van der Waals surface area contributed by atoms with E-state index in [0.29, 0.717) is 6.42 Å². The van der Waals surface area contributed by atoms with Crippen LogP contribution in [0.3, 0.4) is 0 Å². The highest BCUT2D eigenvalue weighted by Crippen LogP contribution is 2.35. The Kier molecular flexibility index (Phi) is 4.98. The second-order valence-electron chi connectivity index (χ2n) is 7.00. The first-order valence-electron chi connectivity index (χ1n) is 6.18. The van der Waals surface area contributed by atoms with Gasteiger partial charge in [-0.3, -0.25) is 9.59 Å². The average molecular weight is 258 g/mol. The van der Waals surface area contributed by atoms with Crippen LogP contribution in [0.5, 0.6) is 0 Å². The minimum absolute atomic E-state index is 0.0219. The maximum atomic E-state index is 12.1. The van der Waals surface area contributed by atoms with E-state index in [4.69, 9.17) is 9.47 Å². The molecule has 0 N–H and O–H groups in total. The molecule has 0 radical (unpaired) electrons. The molecule has 0 aliphatic carbocycles. The first-order valence-corrected chi connectivity index (χ1v) is 6.18. The smallest absolute Gasteiger partial charge is 0.314 e. The van der Waals surface area contributed by atoms with Gasteiger partial charge in [-0.2, -0.15) is 0 Å².